The predicted octanol–water partition coefficient (Wildman–Crippen LogP) is 3.88. The molecule has 5 heteroatoms. The fourth-order valence-corrected chi connectivity index (χ4v) is 2.93. The molecule has 1 aliphatic carbocycles. The number of carbonyl (C=O) groups excluding carboxylic acids is 1. The molecule has 0 aliphatic heterocycles. The van der Waals surface area contributed by atoms with Gasteiger partial charge in [0.15, 0.2) is 0 Å². The van der Waals surface area contributed by atoms with Crippen LogP contribution in [0.3, 0.4) is 0 Å². The first-order valence-electron chi connectivity index (χ1n) is 7.93. The number of hydrogen-bond donors (Lipinski definition) is 1. The third-order valence-electron chi connectivity index (χ3n) is 4.10. The van der Waals surface area contributed by atoms with Crippen molar-refractivity contribution in [2.45, 2.75) is 38.4 Å². The first kappa shape index (κ1) is 16.3. The minimum absolute atomic E-state index is 0.000246. The van der Waals surface area contributed by atoms with Crippen LogP contribution in [-0.2, 0) is 11.3 Å². The highest BCUT2D eigenvalue weighted by atomic mass is 79.9. The summed E-state index contributed by atoms with van der Waals surface area (Å²) in [6, 6.07) is 12.4. The lowest BCUT2D eigenvalue weighted by molar-refractivity contribution is -0.123. The monoisotopic (exact) mass is 376 g/mol. The van der Waals surface area contributed by atoms with Gasteiger partial charge in [-0.2, -0.15) is 0 Å². The number of nitrogens with zero attached hydrogens (tertiary/aromatic N) is 1. The average molecular weight is 377 g/mol. The van der Waals surface area contributed by atoms with Crippen molar-refractivity contribution in [2.75, 3.05) is 6.54 Å². The van der Waals surface area contributed by atoms with Gasteiger partial charge in [0.05, 0.1) is 25.4 Å². The first-order valence-corrected chi connectivity index (χ1v) is 8.72. The third kappa shape index (κ3) is 4.69. The van der Waals surface area contributed by atoms with E-state index in [1.165, 1.54) is 0 Å². The van der Waals surface area contributed by atoms with E-state index in [1.807, 2.05) is 43.3 Å². The van der Waals surface area contributed by atoms with E-state index in [0.29, 0.717) is 19.1 Å². The van der Waals surface area contributed by atoms with E-state index in [4.69, 9.17) is 4.42 Å². The lowest BCUT2D eigenvalue weighted by atomic mass is 10.1. The lowest BCUT2D eigenvalue weighted by Crippen LogP contribution is -2.39. The number of halogens is 1. The molecule has 2 aromatic rings. The summed E-state index contributed by atoms with van der Waals surface area (Å²) in [5, 5.41) is 3.08. The zero-order chi connectivity index (χ0) is 16.2. The Kier molecular flexibility index (Phi) is 5.18. The zero-order valence-electron chi connectivity index (χ0n) is 13.2. The van der Waals surface area contributed by atoms with Crippen LogP contribution < -0.4 is 5.32 Å². The second-order valence-electron chi connectivity index (χ2n) is 6.06. The number of furan rings is 1. The second kappa shape index (κ2) is 7.32. The van der Waals surface area contributed by atoms with Crippen LogP contribution in [0.4, 0.5) is 0 Å². The summed E-state index contributed by atoms with van der Waals surface area (Å²) in [7, 11) is 0. The smallest absolute Gasteiger partial charge is 0.234 e. The summed E-state index contributed by atoms with van der Waals surface area (Å²) >= 11 is 3.43. The van der Waals surface area contributed by atoms with E-state index in [9.17, 15) is 4.79 Å². The number of rotatable bonds is 7. The SMILES string of the molecule is CC(NC(=O)CN(Cc1ccco1)C1CC1)c1ccc(Br)cc1. The van der Waals surface area contributed by atoms with Gasteiger partial charge in [-0.15, -0.1) is 0 Å². The van der Waals surface area contributed by atoms with Crippen LogP contribution in [0.25, 0.3) is 0 Å². The molecule has 0 saturated heterocycles. The molecule has 1 aromatic carbocycles. The Morgan fingerprint density at radius 2 is 2.09 bits per heavy atom. The minimum Gasteiger partial charge on any atom is -0.468 e. The molecule has 1 N–H and O–H groups in total. The van der Waals surface area contributed by atoms with Crippen molar-refractivity contribution < 1.29 is 9.21 Å². The van der Waals surface area contributed by atoms with Gasteiger partial charge < -0.3 is 9.73 Å². The van der Waals surface area contributed by atoms with Crippen LogP contribution in [0.1, 0.15) is 37.1 Å². The lowest BCUT2D eigenvalue weighted by Gasteiger charge is -2.22. The number of carbonyl (C=O) groups is 1. The summed E-state index contributed by atoms with van der Waals surface area (Å²) in [6.07, 6.45) is 4.00. The molecule has 1 heterocycles. The molecule has 122 valence electrons. The Hall–Kier alpha value is -1.59. The van der Waals surface area contributed by atoms with Gasteiger partial charge in [-0.25, -0.2) is 0 Å². The van der Waals surface area contributed by atoms with Gasteiger partial charge >= 0.3 is 0 Å². The molecule has 1 atom stereocenters. The molecule has 1 aromatic heterocycles. The molecule has 23 heavy (non-hydrogen) atoms. The van der Waals surface area contributed by atoms with Crippen molar-refractivity contribution in [3.63, 3.8) is 0 Å². The summed E-state index contributed by atoms with van der Waals surface area (Å²) in [5.41, 5.74) is 1.10. The normalized spacial score (nSPS) is 15.6. The molecule has 0 radical (unpaired) electrons. The van der Waals surface area contributed by atoms with E-state index < -0.39 is 0 Å². The molecular formula is C18H21BrN2O2. The fraction of sp³-hybridized carbons (Fsp3) is 0.389. The zero-order valence-corrected chi connectivity index (χ0v) is 14.8. The Labute approximate surface area is 145 Å². The highest BCUT2D eigenvalue weighted by Crippen LogP contribution is 2.28. The first-order chi connectivity index (χ1) is 11.1. The Morgan fingerprint density at radius 1 is 1.35 bits per heavy atom. The second-order valence-corrected chi connectivity index (χ2v) is 6.97. The molecule has 1 fully saturated rings. The van der Waals surface area contributed by atoms with E-state index in [-0.39, 0.29) is 11.9 Å². The van der Waals surface area contributed by atoms with Gasteiger partial charge in [0.1, 0.15) is 5.76 Å². The average Bonchev–Trinajstić information content (AvgIpc) is 3.25. The van der Waals surface area contributed by atoms with Crippen molar-refractivity contribution in [3.8, 4) is 0 Å². The van der Waals surface area contributed by atoms with Gasteiger partial charge in [-0.1, -0.05) is 28.1 Å². The van der Waals surface area contributed by atoms with Crippen LogP contribution in [0.15, 0.2) is 51.6 Å². The highest BCUT2D eigenvalue weighted by Gasteiger charge is 2.31. The van der Waals surface area contributed by atoms with Gasteiger partial charge in [0.25, 0.3) is 0 Å². The standard InChI is InChI=1S/C18H21BrN2O2/c1-13(14-4-6-15(19)7-5-14)20-18(22)12-21(16-8-9-16)11-17-3-2-10-23-17/h2-7,10,13,16H,8-9,11-12H2,1H3,(H,20,22). The van der Waals surface area contributed by atoms with Crippen LogP contribution in [0.2, 0.25) is 0 Å². The summed E-state index contributed by atoms with van der Waals surface area (Å²) < 4.78 is 6.45. The Balaban J connectivity index is 1.55. The van der Waals surface area contributed by atoms with Crippen LogP contribution in [-0.4, -0.2) is 23.4 Å². The van der Waals surface area contributed by atoms with E-state index in [1.54, 1.807) is 6.26 Å². The van der Waals surface area contributed by atoms with Crippen LogP contribution >= 0.6 is 15.9 Å². The van der Waals surface area contributed by atoms with Crippen molar-refractivity contribution in [3.05, 3.63) is 58.5 Å². The number of benzene rings is 1. The Morgan fingerprint density at radius 3 is 2.70 bits per heavy atom. The number of hydrogen-bond acceptors (Lipinski definition) is 3. The maximum absolute atomic E-state index is 12.4. The quantitative estimate of drug-likeness (QED) is 0.797. The van der Waals surface area contributed by atoms with Gasteiger partial charge in [0, 0.05) is 10.5 Å². The van der Waals surface area contributed by atoms with Crippen molar-refractivity contribution in [1.29, 1.82) is 0 Å². The number of amides is 1. The van der Waals surface area contributed by atoms with Gasteiger partial charge in [-0.05, 0) is 49.6 Å². The third-order valence-corrected chi connectivity index (χ3v) is 4.63. The largest absolute Gasteiger partial charge is 0.468 e. The van der Waals surface area contributed by atoms with Crippen molar-refractivity contribution >= 4 is 21.8 Å². The van der Waals surface area contributed by atoms with E-state index in [2.05, 4.69) is 26.1 Å². The summed E-state index contributed by atoms with van der Waals surface area (Å²) in [6.45, 7) is 3.11. The molecule has 1 unspecified atom stereocenters. The summed E-state index contributed by atoms with van der Waals surface area (Å²) in [4.78, 5) is 14.6. The Bertz CT molecular complexity index is 636. The molecule has 1 amide bonds. The molecule has 0 spiro atoms. The van der Waals surface area contributed by atoms with E-state index >= 15 is 0 Å². The predicted molar refractivity (Wildman–Crippen MR) is 92.8 cm³/mol. The molecular weight excluding hydrogens is 356 g/mol. The van der Waals surface area contributed by atoms with Gasteiger partial charge in [0.2, 0.25) is 5.91 Å². The fourth-order valence-electron chi connectivity index (χ4n) is 2.66. The molecule has 0 bridgehead atoms. The molecule has 4 nitrogen and oxygen atoms in total. The maximum atomic E-state index is 12.4. The van der Waals surface area contributed by atoms with Crippen LogP contribution in [0, 0.1) is 0 Å². The highest BCUT2D eigenvalue weighted by molar-refractivity contribution is 9.10. The molecule has 1 aliphatic rings. The summed E-state index contributed by atoms with van der Waals surface area (Å²) in [5.74, 6) is 0.963. The minimum atomic E-state index is 0.000246. The molecule has 1 saturated carbocycles. The topological polar surface area (TPSA) is 45.5 Å². The maximum Gasteiger partial charge on any atom is 0.234 e. The molecule has 3 rings (SSSR count). The van der Waals surface area contributed by atoms with Crippen LogP contribution in [0.5, 0.6) is 0 Å². The van der Waals surface area contributed by atoms with Gasteiger partial charge in [-0.3, -0.25) is 9.69 Å². The van der Waals surface area contributed by atoms with Crippen molar-refractivity contribution in [2.24, 2.45) is 0 Å². The van der Waals surface area contributed by atoms with Crippen molar-refractivity contribution in [1.82, 2.24) is 10.2 Å². The van der Waals surface area contributed by atoms with E-state index in [0.717, 1.165) is 28.6 Å². The number of nitrogens with one attached hydrogen (secondary N) is 1.